The lowest BCUT2D eigenvalue weighted by Crippen LogP contribution is -2.45. The second-order valence-corrected chi connectivity index (χ2v) is 5.89. The third-order valence-corrected chi connectivity index (χ3v) is 4.23. The fraction of sp³-hybridized carbons (Fsp3) is 0.500. The molecular weight excluding hydrogens is 298 g/mol. The second-order valence-electron chi connectivity index (χ2n) is 5.89. The van der Waals surface area contributed by atoms with Crippen molar-refractivity contribution in [2.45, 2.75) is 44.4 Å². The Bertz CT molecular complexity index is 728. The van der Waals surface area contributed by atoms with Gasteiger partial charge in [0, 0.05) is 19.1 Å². The molecule has 2 amide bonds. The molecule has 1 heterocycles. The van der Waals surface area contributed by atoms with Crippen LogP contribution >= 0.6 is 0 Å². The van der Waals surface area contributed by atoms with Gasteiger partial charge in [-0.15, -0.1) is 0 Å². The first kappa shape index (κ1) is 15.6. The van der Waals surface area contributed by atoms with Crippen molar-refractivity contribution in [1.29, 1.82) is 0 Å². The van der Waals surface area contributed by atoms with Crippen molar-refractivity contribution >= 4 is 17.1 Å². The molecule has 0 bridgehead atoms. The quantitative estimate of drug-likeness (QED) is 0.789. The lowest BCUT2D eigenvalue weighted by atomic mass is 9.93. The Balaban J connectivity index is 1.50. The summed E-state index contributed by atoms with van der Waals surface area (Å²) in [6.45, 7) is 0.692. The topological polar surface area (TPSA) is 96.5 Å². The maximum atomic E-state index is 11.9. The number of carbonyl (C=O) groups is 1. The smallest absolute Gasteiger partial charge is 0.408 e. The predicted molar refractivity (Wildman–Crippen MR) is 85.3 cm³/mol. The van der Waals surface area contributed by atoms with Gasteiger partial charge in [0.15, 0.2) is 5.58 Å². The summed E-state index contributed by atoms with van der Waals surface area (Å²) in [6.07, 6.45) is 2.79. The maximum absolute atomic E-state index is 11.9. The summed E-state index contributed by atoms with van der Waals surface area (Å²) in [6, 6.07) is 7.06. The zero-order valence-electron chi connectivity index (χ0n) is 12.8. The van der Waals surface area contributed by atoms with Gasteiger partial charge in [0.25, 0.3) is 0 Å². The van der Waals surface area contributed by atoms with Gasteiger partial charge in [0.1, 0.15) is 0 Å². The van der Waals surface area contributed by atoms with Gasteiger partial charge >= 0.3 is 11.8 Å². The van der Waals surface area contributed by atoms with Crippen molar-refractivity contribution in [1.82, 2.24) is 15.2 Å². The van der Waals surface area contributed by atoms with Gasteiger partial charge in [-0.05, 0) is 37.8 Å². The average Bonchev–Trinajstić information content (AvgIpc) is 2.86. The number of aromatic nitrogens is 1. The number of amides is 2. The van der Waals surface area contributed by atoms with Crippen LogP contribution < -0.4 is 16.4 Å². The monoisotopic (exact) mass is 319 g/mol. The summed E-state index contributed by atoms with van der Waals surface area (Å²) >= 11 is 0. The van der Waals surface area contributed by atoms with E-state index in [1.807, 2.05) is 18.2 Å². The van der Waals surface area contributed by atoms with Gasteiger partial charge in [-0.3, -0.25) is 4.57 Å². The molecular formula is C16H21N3O4. The highest BCUT2D eigenvalue weighted by Crippen LogP contribution is 2.18. The predicted octanol–water partition coefficient (Wildman–Crippen LogP) is 1.20. The van der Waals surface area contributed by atoms with E-state index in [1.54, 1.807) is 6.07 Å². The zero-order valence-corrected chi connectivity index (χ0v) is 12.8. The molecule has 124 valence electrons. The normalized spacial score (nSPS) is 21.3. The first-order valence-corrected chi connectivity index (χ1v) is 7.94. The molecule has 2 aromatic rings. The van der Waals surface area contributed by atoms with Crippen LogP contribution in [0, 0.1) is 0 Å². The molecule has 7 heteroatoms. The summed E-state index contributed by atoms with van der Waals surface area (Å²) in [5, 5.41) is 15.1. The number of nitrogens with one attached hydrogen (secondary N) is 2. The van der Waals surface area contributed by atoms with E-state index < -0.39 is 5.76 Å². The van der Waals surface area contributed by atoms with Crippen molar-refractivity contribution < 1.29 is 14.3 Å². The summed E-state index contributed by atoms with van der Waals surface area (Å²) < 4.78 is 6.65. The minimum Gasteiger partial charge on any atom is -0.408 e. The van der Waals surface area contributed by atoms with Gasteiger partial charge < -0.3 is 20.2 Å². The van der Waals surface area contributed by atoms with Gasteiger partial charge in [0.2, 0.25) is 0 Å². The lowest BCUT2D eigenvalue weighted by Gasteiger charge is -2.26. The number of aliphatic hydroxyl groups is 1. The fourth-order valence-corrected chi connectivity index (χ4v) is 2.96. The van der Waals surface area contributed by atoms with Gasteiger partial charge in [-0.1, -0.05) is 12.1 Å². The van der Waals surface area contributed by atoms with Crippen LogP contribution in [-0.2, 0) is 6.54 Å². The summed E-state index contributed by atoms with van der Waals surface area (Å²) in [5.41, 5.74) is 1.27. The molecule has 1 aromatic heterocycles. The molecule has 0 saturated heterocycles. The van der Waals surface area contributed by atoms with Crippen LogP contribution in [0.3, 0.4) is 0 Å². The minimum absolute atomic E-state index is 0.107. The number of carbonyl (C=O) groups excluding carboxylic acids is 1. The van der Waals surface area contributed by atoms with Crippen LogP contribution in [0.4, 0.5) is 4.79 Å². The highest BCUT2D eigenvalue weighted by atomic mass is 16.4. The van der Waals surface area contributed by atoms with E-state index in [1.165, 1.54) is 4.57 Å². The zero-order chi connectivity index (χ0) is 16.2. The number of nitrogens with zero attached hydrogens (tertiary/aromatic N) is 1. The third kappa shape index (κ3) is 3.73. The van der Waals surface area contributed by atoms with Crippen LogP contribution in [0.15, 0.2) is 33.5 Å². The van der Waals surface area contributed by atoms with Crippen LogP contribution in [-0.4, -0.2) is 34.4 Å². The van der Waals surface area contributed by atoms with Gasteiger partial charge in [-0.2, -0.15) is 0 Å². The van der Waals surface area contributed by atoms with Gasteiger partial charge in [0.05, 0.1) is 11.6 Å². The summed E-state index contributed by atoms with van der Waals surface area (Å²) in [4.78, 5) is 23.7. The van der Waals surface area contributed by atoms with Crippen LogP contribution in [0.2, 0.25) is 0 Å². The number of hydrogen-bond acceptors (Lipinski definition) is 4. The summed E-state index contributed by atoms with van der Waals surface area (Å²) in [7, 11) is 0. The Morgan fingerprint density at radius 2 is 2.00 bits per heavy atom. The summed E-state index contributed by atoms with van der Waals surface area (Å²) in [5.74, 6) is -0.422. The molecule has 7 nitrogen and oxygen atoms in total. The van der Waals surface area contributed by atoms with E-state index in [4.69, 9.17) is 4.42 Å². The Hall–Kier alpha value is -2.28. The standard InChI is InChI=1S/C16H21N3O4/c20-12-7-5-11(6-8-12)18-15(21)17-9-10-19-13-3-1-2-4-14(13)23-16(19)22/h1-4,11-12,20H,5-10H2,(H2,17,18,21). The highest BCUT2D eigenvalue weighted by Gasteiger charge is 2.20. The fourth-order valence-electron chi connectivity index (χ4n) is 2.96. The first-order valence-electron chi connectivity index (χ1n) is 7.94. The van der Waals surface area contributed by atoms with E-state index >= 15 is 0 Å². The van der Waals surface area contributed by atoms with Gasteiger partial charge in [-0.25, -0.2) is 9.59 Å². The molecule has 3 rings (SSSR count). The number of hydrogen-bond donors (Lipinski definition) is 3. The number of aliphatic hydroxyl groups excluding tert-OH is 1. The largest absolute Gasteiger partial charge is 0.420 e. The Labute approximate surface area is 133 Å². The number of rotatable bonds is 4. The van der Waals surface area contributed by atoms with Crippen LogP contribution in [0.25, 0.3) is 11.1 Å². The molecule has 1 aliphatic carbocycles. The molecule has 1 saturated carbocycles. The van der Waals surface area contributed by atoms with Crippen LogP contribution in [0.5, 0.6) is 0 Å². The average molecular weight is 319 g/mol. The van der Waals surface area contributed by atoms with E-state index in [9.17, 15) is 14.7 Å². The van der Waals surface area contributed by atoms with Crippen molar-refractivity contribution in [3.63, 3.8) is 0 Å². The lowest BCUT2D eigenvalue weighted by molar-refractivity contribution is 0.117. The number of oxazole rings is 1. The van der Waals surface area contributed by atoms with Crippen molar-refractivity contribution in [2.24, 2.45) is 0 Å². The highest BCUT2D eigenvalue weighted by molar-refractivity contribution is 5.74. The van der Waals surface area contributed by atoms with Crippen molar-refractivity contribution in [2.75, 3.05) is 6.54 Å². The maximum Gasteiger partial charge on any atom is 0.420 e. The third-order valence-electron chi connectivity index (χ3n) is 4.23. The second kappa shape index (κ2) is 6.87. The number of benzene rings is 1. The molecule has 3 N–H and O–H groups in total. The molecule has 0 unspecified atom stereocenters. The molecule has 1 aliphatic rings. The Morgan fingerprint density at radius 3 is 2.78 bits per heavy atom. The Kier molecular flexibility index (Phi) is 4.66. The van der Waals surface area contributed by atoms with Crippen molar-refractivity contribution in [3.8, 4) is 0 Å². The molecule has 0 aliphatic heterocycles. The first-order chi connectivity index (χ1) is 11.1. The molecule has 1 aromatic carbocycles. The number of para-hydroxylation sites is 2. The van der Waals surface area contributed by atoms with E-state index in [-0.39, 0.29) is 18.2 Å². The van der Waals surface area contributed by atoms with E-state index in [0.29, 0.717) is 18.7 Å². The van der Waals surface area contributed by atoms with E-state index in [2.05, 4.69) is 10.6 Å². The SMILES string of the molecule is O=C(NCCn1c(=O)oc2ccccc21)NC1CCC(O)CC1. The number of urea groups is 1. The molecule has 1 fully saturated rings. The molecule has 0 atom stereocenters. The number of fused-ring (bicyclic) bond motifs is 1. The molecule has 23 heavy (non-hydrogen) atoms. The van der Waals surface area contributed by atoms with Crippen LogP contribution in [0.1, 0.15) is 25.7 Å². The molecule has 0 radical (unpaired) electrons. The van der Waals surface area contributed by atoms with Crippen molar-refractivity contribution in [3.05, 3.63) is 34.8 Å². The minimum atomic E-state index is -0.422. The van der Waals surface area contributed by atoms with E-state index in [0.717, 1.165) is 31.2 Å². The molecule has 0 spiro atoms. The Morgan fingerprint density at radius 1 is 1.26 bits per heavy atom.